The minimum absolute atomic E-state index is 0.134. The molecule has 1 aliphatic carbocycles. The highest BCUT2D eigenvalue weighted by molar-refractivity contribution is 7.13. The second-order valence-corrected chi connectivity index (χ2v) is 6.28. The van der Waals surface area contributed by atoms with Crippen LogP contribution in [0.2, 0.25) is 0 Å². The molecule has 0 bridgehead atoms. The highest BCUT2D eigenvalue weighted by Crippen LogP contribution is 2.40. The summed E-state index contributed by atoms with van der Waals surface area (Å²) < 4.78 is 0. The van der Waals surface area contributed by atoms with E-state index in [1.165, 1.54) is 12.8 Å². The van der Waals surface area contributed by atoms with Gasteiger partial charge in [-0.05, 0) is 39.2 Å². The van der Waals surface area contributed by atoms with Crippen molar-refractivity contribution >= 4 is 22.4 Å². The zero-order chi connectivity index (χ0) is 12.5. The number of rotatable bonds is 3. The smallest absolute Gasteiger partial charge is 0.229 e. The van der Waals surface area contributed by atoms with E-state index in [4.69, 9.17) is 0 Å². The van der Waals surface area contributed by atoms with E-state index in [1.807, 2.05) is 0 Å². The second kappa shape index (κ2) is 4.97. The van der Waals surface area contributed by atoms with Crippen molar-refractivity contribution < 1.29 is 4.79 Å². The van der Waals surface area contributed by atoms with E-state index in [9.17, 15) is 4.79 Å². The van der Waals surface area contributed by atoms with Gasteiger partial charge in [-0.3, -0.25) is 4.79 Å². The third-order valence-corrected chi connectivity index (χ3v) is 4.52. The molecule has 2 heterocycles. The molecule has 2 fully saturated rings. The topological polar surface area (TPSA) is 54.0 Å². The van der Waals surface area contributed by atoms with Gasteiger partial charge in [0.25, 0.3) is 0 Å². The summed E-state index contributed by atoms with van der Waals surface area (Å²) >= 11 is 1.55. The van der Waals surface area contributed by atoms with Crippen LogP contribution in [0.3, 0.4) is 0 Å². The Hall–Kier alpha value is -0.940. The molecule has 0 radical (unpaired) electrons. The minimum atomic E-state index is 0.134. The van der Waals surface area contributed by atoms with Crippen LogP contribution in [0.15, 0.2) is 5.38 Å². The van der Waals surface area contributed by atoms with Gasteiger partial charge in [-0.2, -0.15) is 0 Å². The lowest BCUT2D eigenvalue weighted by Gasteiger charge is -2.26. The first kappa shape index (κ1) is 12.1. The lowest BCUT2D eigenvalue weighted by atomic mass is 9.92. The van der Waals surface area contributed by atoms with E-state index in [1.54, 1.807) is 11.3 Å². The maximum atomic E-state index is 12.1. The van der Waals surface area contributed by atoms with E-state index in [0.29, 0.717) is 12.0 Å². The number of carbonyl (C=O) groups is 1. The Bertz CT molecular complexity index is 441. The quantitative estimate of drug-likeness (QED) is 0.882. The standard InChI is InChI=1S/C13H19N3OS/c1-8-6-10(4-5-14-8)12(17)16-13-15-11(7-18-13)9-2-3-9/h7-10,14H,2-6H2,1H3,(H,15,16,17)/t8-,10-/m0/s1. The molecule has 1 saturated carbocycles. The normalized spacial score (nSPS) is 28.1. The summed E-state index contributed by atoms with van der Waals surface area (Å²) in [7, 11) is 0. The lowest BCUT2D eigenvalue weighted by molar-refractivity contribution is -0.120. The molecule has 18 heavy (non-hydrogen) atoms. The van der Waals surface area contributed by atoms with Gasteiger partial charge in [-0.25, -0.2) is 4.98 Å². The first-order valence-corrected chi connectivity index (χ1v) is 7.60. The number of amides is 1. The summed E-state index contributed by atoms with van der Waals surface area (Å²) in [6.07, 6.45) is 4.36. The zero-order valence-electron chi connectivity index (χ0n) is 10.6. The molecule has 0 aromatic carbocycles. The highest BCUT2D eigenvalue weighted by atomic mass is 32.1. The largest absolute Gasteiger partial charge is 0.314 e. The fourth-order valence-corrected chi connectivity index (χ4v) is 3.28. The summed E-state index contributed by atoms with van der Waals surface area (Å²) in [5.74, 6) is 0.931. The molecule has 2 N–H and O–H groups in total. The molecule has 1 saturated heterocycles. The number of thiazole rings is 1. The van der Waals surface area contributed by atoms with E-state index < -0.39 is 0 Å². The van der Waals surface area contributed by atoms with Crippen molar-refractivity contribution in [1.29, 1.82) is 0 Å². The van der Waals surface area contributed by atoms with E-state index in [-0.39, 0.29) is 11.8 Å². The summed E-state index contributed by atoms with van der Waals surface area (Å²) in [4.78, 5) is 16.6. The first-order valence-electron chi connectivity index (χ1n) is 6.72. The van der Waals surface area contributed by atoms with Gasteiger partial charge in [-0.15, -0.1) is 11.3 Å². The number of carbonyl (C=O) groups excluding carboxylic acids is 1. The summed E-state index contributed by atoms with van der Waals surface area (Å²) in [5.41, 5.74) is 1.16. The van der Waals surface area contributed by atoms with Crippen molar-refractivity contribution in [3.8, 4) is 0 Å². The van der Waals surface area contributed by atoms with E-state index in [2.05, 4.69) is 27.9 Å². The molecule has 2 atom stereocenters. The van der Waals surface area contributed by atoms with E-state index in [0.717, 1.165) is 30.2 Å². The van der Waals surface area contributed by atoms with Crippen molar-refractivity contribution in [2.45, 2.75) is 44.6 Å². The second-order valence-electron chi connectivity index (χ2n) is 5.42. The third kappa shape index (κ3) is 2.72. The number of aromatic nitrogens is 1. The number of nitrogens with one attached hydrogen (secondary N) is 2. The van der Waals surface area contributed by atoms with Gasteiger partial charge in [-0.1, -0.05) is 0 Å². The van der Waals surface area contributed by atoms with Crippen LogP contribution >= 0.6 is 11.3 Å². The number of hydrogen-bond acceptors (Lipinski definition) is 4. The van der Waals surface area contributed by atoms with Gasteiger partial charge in [0.2, 0.25) is 5.91 Å². The monoisotopic (exact) mass is 265 g/mol. The Morgan fingerprint density at radius 3 is 3.06 bits per heavy atom. The average molecular weight is 265 g/mol. The van der Waals surface area contributed by atoms with Crippen LogP contribution in [0.1, 0.15) is 44.2 Å². The predicted molar refractivity (Wildman–Crippen MR) is 72.9 cm³/mol. The molecule has 2 aliphatic rings. The van der Waals surface area contributed by atoms with Crippen LogP contribution in [-0.4, -0.2) is 23.5 Å². The molecule has 1 aliphatic heterocycles. The Morgan fingerprint density at radius 2 is 2.33 bits per heavy atom. The fraction of sp³-hybridized carbons (Fsp3) is 0.692. The molecule has 0 unspecified atom stereocenters. The third-order valence-electron chi connectivity index (χ3n) is 3.74. The van der Waals surface area contributed by atoms with Crippen LogP contribution < -0.4 is 10.6 Å². The first-order chi connectivity index (χ1) is 8.72. The average Bonchev–Trinajstić information content (AvgIpc) is 3.11. The molecule has 1 aromatic heterocycles. The highest BCUT2D eigenvalue weighted by Gasteiger charge is 2.28. The van der Waals surface area contributed by atoms with Crippen molar-refractivity contribution in [2.24, 2.45) is 5.92 Å². The van der Waals surface area contributed by atoms with Gasteiger partial charge in [0.1, 0.15) is 0 Å². The van der Waals surface area contributed by atoms with Crippen LogP contribution in [0.4, 0.5) is 5.13 Å². The molecule has 3 rings (SSSR count). The molecular weight excluding hydrogens is 246 g/mol. The summed E-state index contributed by atoms with van der Waals surface area (Å²) in [5, 5.41) is 9.19. The number of anilines is 1. The lowest BCUT2D eigenvalue weighted by Crippen LogP contribution is -2.40. The zero-order valence-corrected chi connectivity index (χ0v) is 11.4. The Labute approximate surface area is 111 Å². The Balaban J connectivity index is 1.58. The van der Waals surface area contributed by atoms with Crippen molar-refractivity contribution in [3.05, 3.63) is 11.1 Å². The van der Waals surface area contributed by atoms with Crippen LogP contribution in [0, 0.1) is 5.92 Å². The summed E-state index contributed by atoms with van der Waals surface area (Å²) in [6.45, 7) is 3.07. The molecule has 0 spiro atoms. The molecular formula is C13H19N3OS. The van der Waals surface area contributed by atoms with Crippen molar-refractivity contribution in [2.75, 3.05) is 11.9 Å². The fourth-order valence-electron chi connectivity index (χ4n) is 2.49. The Kier molecular flexibility index (Phi) is 3.35. The van der Waals surface area contributed by atoms with Gasteiger partial charge in [0.15, 0.2) is 5.13 Å². The molecule has 1 amide bonds. The van der Waals surface area contributed by atoms with Gasteiger partial charge in [0, 0.05) is 23.3 Å². The number of nitrogens with zero attached hydrogens (tertiary/aromatic N) is 1. The van der Waals surface area contributed by atoms with Crippen LogP contribution in [-0.2, 0) is 4.79 Å². The van der Waals surface area contributed by atoms with Gasteiger partial charge < -0.3 is 10.6 Å². The molecule has 98 valence electrons. The summed E-state index contributed by atoms with van der Waals surface area (Å²) in [6, 6.07) is 0.438. The van der Waals surface area contributed by atoms with Gasteiger partial charge in [0.05, 0.1) is 5.69 Å². The van der Waals surface area contributed by atoms with Gasteiger partial charge >= 0.3 is 0 Å². The SMILES string of the molecule is C[C@H]1C[C@@H](C(=O)Nc2nc(C3CC3)cs2)CCN1. The number of hydrogen-bond donors (Lipinski definition) is 2. The van der Waals surface area contributed by atoms with Crippen molar-refractivity contribution in [1.82, 2.24) is 10.3 Å². The van der Waals surface area contributed by atoms with Crippen LogP contribution in [0.25, 0.3) is 0 Å². The maximum Gasteiger partial charge on any atom is 0.229 e. The van der Waals surface area contributed by atoms with Crippen molar-refractivity contribution in [3.63, 3.8) is 0 Å². The van der Waals surface area contributed by atoms with E-state index >= 15 is 0 Å². The maximum absolute atomic E-state index is 12.1. The Morgan fingerprint density at radius 1 is 1.50 bits per heavy atom. The number of piperidine rings is 1. The molecule has 5 heteroatoms. The molecule has 4 nitrogen and oxygen atoms in total. The van der Waals surface area contributed by atoms with Crippen LogP contribution in [0.5, 0.6) is 0 Å². The minimum Gasteiger partial charge on any atom is -0.314 e. The predicted octanol–water partition coefficient (Wildman–Crippen LogP) is 2.35. The molecule has 1 aromatic rings.